The van der Waals surface area contributed by atoms with Crippen LogP contribution in [0.25, 0.3) is 0 Å². The summed E-state index contributed by atoms with van der Waals surface area (Å²) in [6, 6.07) is 0. The normalized spacial score (nSPS) is 41.1. The van der Waals surface area contributed by atoms with Gasteiger partial charge >= 0.3 is 5.97 Å². The molecule has 0 radical (unpaired) electrons. The minimum atomic E-state index is -1.11. The lowest BCUT2D eigenvalue weighted by Gasteiger charge is -2.55. The van der Waals surface area contributed by atoms with Gasteiger partial charge in [-0.2, -0.15) is 0 Å². The molecule has 4 aliphatic carbocycles. The molecule has 4 rings (SSSR count). The van der Waals surface area contributed by atoms with Gasteiger partial charge in [0, 0.05) is 24.2 Å². The number of rotatable bonds is 3. The summed E-state index contributed by atoms with van der Waals surface area (Å²) in [6.45, 7) is 5.82. The number of ketones is 2. The molecular formula is C23H28Br2O4. The fourth-order valence-electron chi connectivity index (χ4n) is 6.90. The minimum Gasteiger partial charge on any atom is -0.451 e. The van der Waals surface area contributed by atoms with Crippen molar-refractivity contribution >= 4 is 49.4 Å². The van der Waals surface area contributed by atoms with Gasteiger partial charge in [-0.3, -0.25) is 14.4 Å². The molecule has 158 valence electrons. The smallest absolute Gasteiger partial charge is 0.303 e. The lowest BCUT2D eigenvalue weighted by molar-refractivity contribution is -0.180. The summed E-state index contributed by atoms with van der Waals surface area (Å²) >= 11 is 6.73. The van der Waals surface area contributed by atoms with Crippen LogP contribution in [0.4, 0.5) is 0 Å². The molecule has 4 nitrogen and oxygen atoms in total. The van der Waals surface area contributed by atoms with Gasteiger partial charge in [-0.25, -0.2) is 0 Å². The van der Waals surface area contributed by atoms with Crippen molar-refractivity contribution in [1.29, 1.82) is 0 Å². The second-order valence-corrected chi connectivity index (χ2v) is 12.7. The monoisotopic (exact) mass is 526 g/mol. The first-order valence-corrected chi connectivity index (χ1v) is 12.3. The molecular weight excluding hydrogens is 500 g/mol. The number of Topliss-reactive ketones (excluding diaryl/α,β-unsaturated/α-hetero) is 1. The van der Waals surface area contributed by atoms with Gasteiger partial charge in [-0.05, 0) is 56.4 Å². The molecule has 0 aliphatic heterocycles. The molecule has 0 aromatic rings. The number of halogens is 2. The first-order chi connectivity index (χ1) is 13.5. The Labute approximate surface area is 189 Å². The number of ether oxygens (including phenoxy) is 1. The zero-order valence-corrected chi connectivity index (χ0v) is 20.4. The van der Waals surface area contributed by atoms with E-state index in [2.05, 4.69) is 51.8 Å². The summed E-state index contributed by atoms with van der Waals surface area (Å²) in [6.07, 6.45) is 9.77. The van der Waals surface area contributed by atoms with Crippen molar-refractivity contribution in [2.24, 2.45) is 22.7 Å². The molecule has 0 bridgehead atoms. The standard InChI is InChI=1S/C23H28Br2O4/c1-13(26)29-23(19(28)20(24)25)11-8-18-16-5-4-14-12-15(27)6-9-21(14,2)17(16)7-10-22(18,23)3/h7,12,16,18,20H,4-6,8-11H2,1-3H3/t16-,18+,21+,22+,23-/m1/s1. The van der Waals surface area contributed by atoms with E-state index in [1.807, 2.05) is 6.08 Å². The summed E-state index contributed by atoms with van der Waals surface area (Å²) in [4.78, 5) is 37.3. The Morgan fingerprint density at radius 1 is 1.17 bits per heavy atom. The van der Waals surface area contributed by atoms with E-state index in [0.717, 1.165) is 25.7 Å². The molecule has 0 heterocycles. The lowest BCUT2D eigenvalue weighted by atomic mass is 9.50. The molecule has 0 spiro atoms. The molecule has 0 aromatic carbocycles. The van der Waals surface area contributed by atoms with Gasteiger partial charge in [-0.1, -0.05) is 62.9 Å². The van der Waals surface area contributed by atoms with Crippen LogP contribution in [-0.4, -0.2) is 26.9 Å². The van der Waals surface area contributed by atoms with E-state index < -0.39 is 20.7 Å². The van der Waals surface area contributed by atoms with Gasteiger partial charge in [0.1, 0.15) is 3.74 Å². The molecule has 0 aromatic heterocycles. The van der Waals surface area contributed by atoms with Crippen molar-refractivity contribution in [3.63, 3.8) is 0 Å². The Hall–Kier alpha value is -0.750. The molecule has 0 saturated heterocycles. The van der Waals surface area contributed by atoms with Gasteiger partial charge < -0.3 is 4.74 Å². The largest absolute Gasteiger partial charge is 0.451 e. The average Bonchev–Trinajstić information content (AvgIpc) is 2.94. The van der Waals surface area contributed by atoms with Crippen molar-refractivity contribution in [2.45, 2.75) is 75.1 Å². The third-order valence-corrected chi connectivity index (χ3v) is 9.20. The van der Waals surface area contributed by atoms with Gasteiger partial charge in [0.05, 0.1) is 0 Å². The van der Waals surface area contributed by atoms with Crippen LogP contribution in [0.5, 0.6) is 0 Å². The first-order valence-electron chi connectivity index (χ1n) is 10.5. The van der Waals surface area contributed by atoms with E-state index in [4.69, 9.17) is 4.74 Å². The van der Waals surface area contributed by atoms with Crippen LogP contribution in [0.1, 0.15) is 65.7 Å². The van der Waals surface area contributed by atoms with Crippen molar-refractivity contribution < 1.29 is 19.1 Å². The first kappa shape index (κ1) is 21.5. The average molecular weight is 528 g/mol. The third kappa shape index (κ3) is 2.99. The maximum absolute atomic E-state index is 13.3. The van der Waals surface area contributed by atoms with Gasteiger partial charge in [0.25, 0.3) is 0 Å². The molecule has 0 unspecified atom stereocenters. The highest BCUT2D eigenvalue weighted by atomic mass is 79.9. The number of allylic oxidation sites excluding steroid dienone is 4. The fourth-order valence-corrected chi connectivity index (χ4v) is 7.64. The maximum atomic E-state index is 13.3. The number of fused-ring (bicyclic) bond motifs is 5. The maximum Gasteiger partial charge on any atom is 0.303 e. The summed E-state index contributed by atoms with van der Waals surface area (Å²) < 4.78 is 5.34. The van der Waals surface area contributed by atoms with E-state index in [1.54, 1.807) is 0 Å². The van der Waals surface area contributed by atoms with Crippen molar-refractivity contribution in [1.82, 2.24) is 0 Å². The van der Waals surface area contributed by atoms with Gasteiger partial charge in [-0.15, -0.1) is 0 Å². The molecule has 2 saturated carbocycles. The number of alkyl halides is 2. The highest BCUT2D eigenvalue weighted by Gasteiger charge is 2.67. The van der Waals surface area contributed by atoms with Gasteiger partial charge in [0.15, 0.2) is 11.4 Å². The highest BCUT2D eigenvalue weighted by Crippen LogP contribution is 2.66. The summed E-state index contributed by atoms with van der Waals surface area (Å²) in [5.41, 5.74) is 1.16. The Bertz CT molecular complexity index is 844. The molecule has 6 heteroatoms. The second kappa shape index (κ2) is 7.15. The van der Waals surface area contributed by atoms with E-state index in [9.17, 15) is 14.4 Å². The third-order valence-electron chi connectivity index (χ3n) is 8.37. The predicted molar refractivity (Wildman–Crippen MR) is 118 cm³/mol. The Morgan fingerprint density at radius 2 is 1.90 bits per heavy atom. The molecule has 0 N–H and O–H groups in total. The second-order valence-electron chi connectivity index (χ2n) is 9.62. The summed E-state index contributed by atoms with van der Waals surface area (Å²) in [5.74, 6) is 0.417. The highest BCUT2D eigenvalue weighted by molar-refractivity contribution is 9.25. The van der Waals surface area contributed by atoms with Crippen LogP contribution in [0.2, 0.25) is 0 Å². The van der Waals surface area contributed by atoms with Crippen LogP contribution in [-0.2, 0) is 19.1 Å². The molecule has 5 atom stereocenters. The SMILES string of the molecule is CC(=O)O[C@@]1(C(=O)C(Br)Br)CC[C@H]2[C@@H]3CCC4=CC(=O)CC[C@]4(C)C3=CC[C@@]21C. The molecule has 4 aliphatic rings. The van der Waals surface area contributed by atoms with E-state index >= 15 is 0 Å². The number of hydrogen-bond donors (Lipinski definition) is 0. The van der Waals surface area contributed by atoms with Crippen LogP contribution >= 0.6 is 31.9 Å². The quantitative estimate of drug-likeness (QED) is 0.279. The van der Waals surface area contributed by atoms with E-state index in [0.29, 0.717) is 31.1 Å². The Morgan fingerprint density at radius 3 is 2.55 bits per heavy atom. The van der Waals surface area contributed by atoms with Crippen LogP contribution in [0.3, 0.4) is 0 Å². The Kier molecular flexibility index (Phi) is 5.30. The lowest BCUT2D eigenvalue weighted by Crippen LogP contribution is -2.58. The summed E-state index contributed by atoms with van der Waals surface area (Å²) in [7, 11) is 0. The number of carbonyl (C=O) groups excluding carboxylic acids is 3. The van der Waals surface area contributed by atoms with E-state index in [-0.39, 0.29) is 17.0 Å². The number of carbonyl (C=O) groups is 3. The van der Waals surface area contributed by atoms with Crippen LogP contribution < -0.4 is 0 Å². The van der Waals surface area contributed by atoms with Crippen LogP contribution in [0.15, 0.2) is 23.3 Å². The molecule has 2 fully saturated rings. The zero-order chi connectivity index (χ0) is 21.2. The van der Waals surface area contributed by atoms with Crippen molar-refractivity contribution in [2.75, 3.05) is 0 Å². The Balaban J connectivity index is 1.78. The van der Waals surface area contributed by atoms with E-state index in [1.165, 1.54) is 18.1 Å². The topological polar surface area (TPSA) is 60.4 Å². The predicted octanol–water partition coefficient (Wildman–Crippen LogP) is 5.43. The zero-order valence-electron chi connectivity index (χ0n) is 17.2. The minimum absolute atomic E-state index is 0.0395. The molecule has 0 amide bonds. The molecule has 29 heavy (non-hydrogen) atoms. The van der Waals surface area contributed by atoms with Gasteiger partial charge in [0.2, 0.25) is 5.78 Å². The number of esters is 1. The van der Waals surface area contributed by atoms with Crippen LogP contribution in [0, 0.1) is 22.7 Å². The number of hydrogen-bond acceptors (Lipinski definition) is 4. The van der Waals surface area contributed by atoms with Crippen molar-refractivity contribution in [3.8, 4) is 0 Å². The fraction of sp³-hybridized carbons (Fsp3) is 0.696. The summed E-state index contributed by atoms with van der Waals surface area (Å²) in [5, 5.41) is 0. The van der Waals surface area contributed by atoms with Crippen molar-refractivity contribution in [3.05, 3.63) is 23.3 Å².